The molecule has 1 fully saturated rings. The van der Waals surface area contributed by atoms with Crippen molar-refractivity contribution in [2.75, 3.05) is 32.9 Å². The van der Waals surface area contributed by atoms with Crippen LogP contribution >= 0.6 is 0 Å². The van der Waals surface area contributed by atoms with Crippen LogP contribution in [0.2, 0.25) is 0 Å². The molecule has 1 aromatic carbocycles. The zero-order valence-electron chi connectivity index (χ0n) is 17.9. The smallest absolute Gasteiger partial charge is 0.410 e. The van der Waals surface area contributed by atoms with Crippen LogP contribution in [0.25, 0.3) is 0 Å². The van der Waals surface area contributed by atoms with E-state index in [1.807, 2.05) is 45.0 Å². The van der Waals surface area contributed by atoms with Crippen molar-refractivity contribution < 1.29 is 28.5 Å². The second-order valence-corrected chi connectivity index (χ2v) is 8.08. The van der Waals surface area contributed by atoms with Crippen molar-refractivity contribution in [3.8, 4) is 11.5 Å². The van der Waals surface area contributed by atoms with E-state index < -0.39 is 5.60 Å². The number of hydrogen-bond donors (Lipinski definition) is 0. The first kappa shape index (κ1) is 22.8. The first-order chi connectivity index (χ1) is 13.8. The summed E-state index contributed by atoms with van der Waals surface area (Å²) in [5.41, 5.74) is -0.518. The lowest BCUT2D eigenvalue weighted by molar-refractivity contribution is -0.150. The van der Waals surface area contributed by atoms with Gasteiger partial charge in [0.25, 0.3) is 0 Å². The minimum atomic E-state index is -0.518. The topological polar surface area (TPSA) is 74.3 Å². The monoisotopic (exact) mass is 407 g/mol. The van der Waals surface area contributed by atoms with Crippen LogP contribution in [-0.4, -0.2) is 55.5 Å². The summed E-state index contributed by atoms with van der Waals surface area (Å²) in [6.07, 6.45) is 1.80. The first-order valence-corrected chi connectivity index (χ1v) is 10.3. The Morgan fingerprint density at radius 3 is 2.03 bits per heavy atom. The van der Waals surface area contributed by atoms with E-state index >= 15 is 0 Å². The number of carbonyl (C=O) groups is 2. The lowest BCUT2D eigenvalue weighted by Crippen LogP contribution is -2.43. The number of carbonyl (C=O) groups excluding carboxylic acids is 2. The molecule has 162 valence electrons. The van der Waals surface area contributed by atoms with E-state index in [0.717, 1.165) is 12.2 Å². The summed E-state index contributed by atoms with van der Waals surface area (Å²) in [6, 6.07) is 7.38. The van der Waals surface area contributed by atoms with Gasteiger partial charge in [-0.25, -0.2) is 4.79 Å². The lowest BCUT2D eigenvalue weighted by Gasteiger charge is -2.32. The second kappa shape index (κ2) is 10.9. The van der Waals surface area contributed by atoms with E-state index in [1.165, 1.54) is 0 Å². The molecule has 0 aromatic heterocycles. The third-order valence-corrected chi connectivity index (χ3v) is 4.37. The fourth-order valence-electron chi connectivity index (χ4n) is 2.90. The molecule has 29 heavy (non-hydrogen) atoms. The third kappa shape index (κ3) is 8.21. The normalized spacial score (nSPS) is 15.0. The van der Waals surface area contributed by atoms with Gasteiger partial charge in [-0.1, -0.05) is 6.92 Å². The molecule has 1 amide bonds. The van der Waals surface area contributed by atoms with Gasteiger partial charge in [-0.3, -0.25) is 4.79 Å². The van der Waals surface area contributed by atoms with E-state index in [9.17, 15) is 9.59 Å². The fraction of sp³-hybridized carbons (Fsp3) is 0.636. The highest BCUT2D eigenvalue weighted by molar-refractivity contribution is 5.73. The van der Waals surface area contributed by atoms with Crippen LogP contribution in [0.1, 0.15) is 47.0 Å². The molecule has 1 aliphatic heterocycles. The molecule has 0 spiro atoms. The highest BCUT2D eigenvalue weighted by Gasteiger charge is 2.30. The van der Waals surface area contributed by atoms with Gasteiger partial charge in [-0.2, -0.15) is 0 Å². The van der Waals surface area contributed by atoms with Crippen LogP contribution in [0.4, 0.5) is 4.79 Å². The minimum Gasteiger partial charge on any atom is -0.494 e. The molecule has 0 atom stereocenters. The predicted molar refractivity (Wildman–Crippen MR) is 109 cm³/mol. The standard InChI is InChI=1S/C22H33NO6/c1-5-14-26-18-6-8-19(9-7-18)27-15-16-28-20(24)17-10-12-23(13-11-17)21(25)29-22(2,3)4/h6-9,17H,5,10-16H2,1-4H3. The Morgan fingerprint density at radius 2 is 1.52 bits per heavy atom. The molecule has 2 rings (SSSR count). The summed E-state index contributed by atoms with van der Waals surface area (Å²) >= 11 is 0. The minimum absolute atomic E-state index is 0.191. The molecule has 7 nitrogen and oxygen atoms in total. The Hall–Kier alpha value is -2.44. The number of nitrogens with zero attached hydrogens (tertiary/aromatic N) is 1. The number of rotatable bonds is 8. The third-order valence-electron chi connectivity index (χ3n) is 4.37. The number of amides is 1. The van der Waals surface area contributed by atoms with Crippen molar-refractivity contribution in [2.24, 2.45) is 5.92 Å². The summed E-state index contributed by atoms with van der Waals surface area (Å²) in [7, 11) is 0. The molecule has 1 aliphatic rings. The summed E-state index contributed by atoms with van der Waals surface area (Å²) in [6.45, 7) is 9.74. The highest BCUT2D eigenvalue weighted by atomic mass is 16.6. The van der Waals surface area contributed by atoms with Crippen molar-refractivity contribution in [2.45, 2.75) is 52.6 Å². The first-order valence-electron chi connectivity index (χ1n) is 10.3. The summed E-state index contributed by atoms with van der Waals surface area (Å²) in [5.74, 6) is 1.09. The quantitative estimate of drug-likeness (QED) is 0.478. The van der Waals surface area contributed by atoms with E-state index in [1.54, 1.807) is 4.90 Å². The molecule has 0 N–H and O–H groups in total. The molecule has 1 heterocycles. The van der Waals surface area contributed by atoms with Crippen LogP contribution in [0.15, 0.2) is 24.3 Å². The zero-order chi connectivity index (χ0) is 21.3. The van der Waals surface area contributed by atoms with Gasteiger partial charge in [0.05, 0.1) is 12.5 Å². The van der Waals surface area contributed by atoms with Crippen molar-refractivity contribution in [3.05, 3.63) is 24.3 Å². The molecule has 1 aromatic rings. The lowest BCUT2D eigenvalue weighted by atomic mass is 9.97. The van der Waals surface area contributed by atoms with Crippen molar-refractivity contribution in [1.29, 1.82) is 0 Å². The van der Waals surface area contributed by atoms with Crippen LogP contribution in [0.3, 0.4) is 0 Å². The SMILES string of the molecule is CCCOc1ccc(OCCOC(=O)C2CCN(C(=O)OC(C)(C)C)CC2)cc1. The number of esters is 1. The van der Waals surface area contributed by atoms with Gasteiger partial charge in [0.15, 0.2) is 0 Å². The van der Waals surface area contributed by atoms with Crippen molar-refractivity contribution in [1.82, 2.24) is 4.90 Å². The summed E-state index contributed by atoms with van der Waals surface area (Å²) in [4.78, 5) is 25.9. The maximum Gasteiger partial charge on any atom is 0.410 e. The predicted octanol–water partition coefficient (Wildman–Crippen LogP) is 4.04. The van der Waals surface area contributed by atoms with E-state index in [4.69, 9.17) is 18.9 Å². The summed E-state index contributed by atoms with van der Waals surface area (Å²) in [5, 5.41) is 0. The van der Waals surface area contributed by atoms with Crippen molar-refractivity contribution in [3.63, 3.8) is 0 Å². The average molecular weight is 408 g/mol. The van der Waals surface area contributed by atoms with Crippen LogP contribution < -0.4 is 9.47 Å². The molecule has 0 bridgehead atoms. The zero-order valence-corrected chi connectivity index (χ0v) is 17.9. The number of ether oxygens (including phenoxy) is 4. The van der Waals surface area contributed by atoms with Crippen molar-refractivity contribution >= 4 is 12.1 Å². The Morgan fingerprint density at radius 1 is 0.966 bits per heavy atom. The molecule has 0 radical (unpaired) electrons. The van der Waals surface area contributed by atoms with Gasteiger partial charge >= 0.3 is 12.1 Å². The number of benzene rings is 1. The maximum absolute atomic E-state index is 12.2. The molecule has 0 saturated carbocycles. The van der Waals surface area contributed by atoms with Gasteiger partial charge < -0.3 is 23.8 Å². The molecule has 0 aliphatic carbocycles. The summed E-state index contributed by atoms with van der Waals surface area (Å²) < 4.78 is 21.8. The van der Waals surface area contributed by atoms with Crippen LogP contribution in [0.5, 0.6) is 11.5 Å². The fourth-order valence-corrected chi connectivity index (χ4v) is 2.90. The Labute approximate surface area is 173 Å². The number of hydrogen-bond acceptors (Lipinski definition) is 6. The highest BCUT2D eigenvalue weighted by Crippen LogP contribution is 2.21. The molecule has 0 unspecified atom stereocenters. The van der Waals surface area contributed by atoms with E-state index in [0.29, 0.717) is 38.3 Å². The second-order valence-electron chi connectivity index (χ2n) is 8.08. The Bertz CT molecular complexity index is 644. The Balaban J connectivity index is 1.63. The largest absolute Gasteiger partial charge is 0.494 e. The average Bonchev–Trinajstić information content (AvgIpc) is 2.69. The number of likely N-dealkylation sites (tertiary alicyclic amines) is 1. The molecule has 7 heteroatoms. The van der Waals surface area contributed by atoms with Gasteiger partial charge in [-0.15, -0.1) is 0 Å². The van der Waals surface area contributed by atoms with Crippen LogP contribution in [0, 0.1) is 5.92 Å². The van der Waals surface area contributed by atoms with E-state index in [2.05, 4.69) is 6.92 Å². The molecular formula is C22H33NO6. The van der Waals surface area contributed by atoms with Crippen LogP contribution in [-0.2, 0) is 14.3 Å². The molecular weight excluding hydrogens is 374 g/mol. The molecule has 1 saturated heterocycles. The van der Waals surface area contributed by atoms with Gasteiger partial charge in [0.1, 0.15) is 30.3 Å². The Kier molecular flexibility index (Phi) is 8.61. The van der Waals surface area contributed by atoms with Gasteiger partial charge in [0, 0.05) is 13.1 Å². The van der Waals surface area contributed by atoms with Gasteiger partial charge in [-0.05, 0) is 64.3 Å². The van der Waals surface area contributed by atoms with Gasteiger partial charge in [0.2, 0.25) is 0 Å². The maximum atomic E-state index is 12.2. The van der Waals surface area contributed by atoms with E-state index in [-0.39, 0.29) is 31.2 Å². The number of piperidine rings is 1.